The maximum Gasteiger partial charge on any atom is 0.206 e. The van der Waals surface area contributed by atoms with Crippen LogP contribution >= 0.6 is 15.9 Å². The molecule has 0 atom stereocenters. The van der Waals surface area contributed by atoms with Gasteiger partial charge in [0.25, 0.3) is 0 Å². The number of nitrogens with zero attached hydrogens (tertiary/aromatic N) is 4. The standard InChI is InChI=1S/C13H18BrN5O/c1-5-6-15-12-11(20-4)13(17-7-16-12)19-9(3)10(14)8(2)18-19/h7H,5-6H2,1-4H3,(H,15,16,17). The Kier molecular flexibility index (Phi) is 4.59. The van der Waals surface area contributed by atoms with Crippen LogP contribution < -0.4 is 10.1 Å². The van der Waals surface area contributed by atoms with Crippen molar-refractivity contribution in [3.63, 3.8) is 0 Å². The largest absolute Gasteiger partial charge is 0.490 e. The molecule has 0 amide bonds. The SMILES string of the molecule is CCCNc1ncnc(-n2nc(C)c(Br)c2C)c1OC. The Morgan fingerprint density at radius 3 is 2.65 bits per heavy atom. The van der Waals surface area contributed by atoms with Crippen LogP contribution in [0.2, 0.25) is 0 Å². The molecule has 0 unspecified atom stereocenters. The van der Waals surface area contributed by atoms with E-state index in [1.807, 2.05) is 13.8 Å². The Labute approximate surface area is 126 Å². The molecule has 0 spiro atoms. The summed E-state index contributed by atoms with van der Waals surface area (Å²) in [4.78, 5) is 8.54. The third-order valence-corrected chi connectivity index (χ3v) is 4.08. The molecule has 0 bridgehead atoms. The van der Waals surface area contributed by atoms with Crippen LogP contribution in [0.25, 0.3) is 5.82 Å². The number of anilines is 1. The summed E-state index contributed by atoms with van der Waals surface area (Å²) in [5, 5.41) is 7.72. The van der Waals surface area contributed by atoms with Gasteiger partial charge in [0.15, 0.2) is 5.82 Å². The zero-order chi connectivity index (χ0) is 14.7. The van der Waals surface area contributed by atoms with Crippen molar-refractivity contribution in [1.29, 1.82) is 0 Å². The quantitative estimate of drug-likeness (QED) is 0.907. The minimum Gasteiger partial charge on any atom is -0.490 e. The van der Waals surface area contributed by atoms with E-state index in [1.165, 1.54) is 6.33 Å². The highest BCUT2D eigenvalue weighted by Gasteiger charge is 2.18. The molecule has 0 saturated carbocycles. The van der Waals surface area contributed by atoms with Crippen LogP contribution in [0.4, 0.5) is 5.82 Å². The van der Waals surface area contributed by atoms with Gasteiger partial charge in [-0.15, -0.1) is 0 Å². The number of ether oxygens (including phenoxy) is 1. The van der Waals surface area contributed by atoms with Crippen molar-refractivity contribution in [3.8, 4) is 11.6 Å². The lowest BCUT2D eigenvalue weighted by Gasteiger charge is -2.13. The highest BCUT2D eigenvalue weighted by Crippen LogP contribution is 2.30. The summed E-state index contributed by atoms with van der Waals surface area (Å²) >= 11 is 3.52. The normalized spacial score (nSPS) is 10.7. The van der Waals surface area contributed by atoms with Gasteiger partial charge in [0.2, 0.25) is 11.6 Å². The van der Waals surface area contributed by atoms with Gasteiger partial charge in [-0.1, -0.05) is 6.92 Å². The molecule has 7 heteroatoms. The van der Waals surface area contributed by atoms with E-state index < -0.39 is 0 Å². The number of aromatic nitrogens is 4. The number of hydrogen-bond donors (Lipinski definition) is 1. The lowest BCUT2D eigenvalue weighted by Crippen LogP contribution is -2.10. The van der Waals surface area contributed by atoms with Crippen molar-refractivity contribution in [2.75, 3.05) is 19.0 Å². The maximum atomic E-state index is 5.47. The molecule has 0 aliphatic heterocycles. The number of hydrogen-bond acceptors (Lipinski definition) is 5. The van der Waals surface area contributed by atoms with Crippen LogP contribution in [-0.2, 0) is 0 Å². The van der Waals surface area contributed by atoms with Crippen molar-refractivity contribution < 1.29 is 4.74 Å². The van der Waals surface area contributed by atoms with Gasteiger partial charge in [-0.05, 0) is 36.2 Å². The Hall–Kier alpha value is -1.63. The molecule has 2 heterocycles. The van der Waals surface area contributed by atoms with E-state index in [2.05, 4.69) is 43.2 Å². The Balaban J connectivity index is 2.53. The van der Waals surface area contributed by atoms with Crippen molar-refractivity contribution in [3.05, 3.63) is 22.2 Å². The summed E-state index contributed by atoms with van der Waals surface area (Å²) in [7, 11) is 1.61. The molecular weight excluding hydrogens is 322 g/mol. The number of aryl methyl sites for hydroxylation is 1. The molecule has 0 fully saturated rings. The van der Waals surface area contributed by atoms with Crippen molar-refractivity contribution in [2.45, 2.75) is 27.2 Å². The van der Waals surface area contributed by atoms with E-state index in [0.717, 1.165) is 28.8 Å². The molecule has 2 aromatic rings. The second-order valence-corrected chi connectivity index (χ2v) is 5.20. The van der Waals surface area contributed by atoms with Crippen LogP contribution in [0.3, 0.4) is 0 Å². The smallest absolute Gasteiger partial charge is 0.206 e. The molecular formula is C13H18BrN5O. The van der Waals surface area contributed by atoms with Gasteiger partial charge in [-0.25, -0.2) is 14.6 Å². The molecule has 0 aliphatic carbocycles. The molecule has 0 radical (unpaired) electrons. The van der Waals surface area contributed by atoms with E-state index in [9.17, 15) is 0 Å². The highest BCUT2D eigenvalue weighted by molar-refractivity contribution is 9.10. The van der Waals surface area contributed by atoms with Crippen LogP contribution in [0.1, 0.15) is 24.7 Å². The summed E-state index contributed by atoms with van der Waals surface area (Å²) < 4.78 is 8.20. The summed E-state index contributed by atoms with van der Waals surface area (Å²) in [6.07, 6.45) is 2.52. The molecule has 20 heavy (non-hydrogen) atoms. The first-order valence-corrected chi connectivity index (χ1v) is 7.24. The number of halogens is 1. The van der Waals surface area contributed by atoms with Crippen LogP contribution in [-0.4, -0.2) is 33.4 Å². The van der Waals surface area contributed by atoms with E-state index >= 15 is 0 Å². The number of nitrogens with one attached hydrogen (secondary N) is 1. The fourth-order valence-corrected chi connectivity index (χ4v) is 2.15. The van der Waals surface area contributed by atoms with E-state index in [1.54, 1.807) is 11.8 Å². The lowest BCUT2D eigenvalue weighted by molar-refractivity contribution is 0.408. The Morgan fingerprint density at radius 2 is 2.10 bits per heavy atom. The second kappa shape index (κ2) is 6.21. The zero-order valence-corrected chi connectivity index (χ0v) is 13.7. The van der Waals surface area contributed by atoms with E-state index in [-0.39, 0.29) is 0 Å². The summed E-state index contributed by atoms with van der Waals surface area (Å²) in [6, 6.07) is 0. The molecule has 0 aromatic carbocycles. The molecule has 2 aromatic heterocycles. The first-order valence-electron chi connectivity index (χ1n) is 6.45. The third-order valence-electron chi connectivity index (χ3n) is 2.94. The molecule has 108 valence electrons. The van der Waals surface area contributed by atoms with Gasteiger partial charge in [0, 0.05) is 6.54 Å². The molecule has 6 nitrogen and oxygen atoms in total. The fraction of sp³-hybridized carbons (Fsp3) is 0.462. The number of rotatable bonds is 5. The van der Waals surface area contributed by atoms with Crippen LogP contribution in [0.5, 0.6) is 5.75 Å². The molecule has 2 rings (SSSR count). The first-order chi connectivity index (χ1) is 9.60. The number of methoxy groups -OCH3 is 1. The molecule has 0 aliphatic rings. The van der Waals surface area contributed by atoms with Gasteiger partial charge in [0.05, 0.1) is 23.0 Å². The van der Waals surface area contributed by atoms with E-state index in [0.29, 0.717) is 17.4 Å². The Bertz CT molecular complexity index is 611. The zero-order valence-electron chi connectivity index (χ0n) is 12.1. The van der Waals surface area contributed by atoms with Gasteiger partial charge in [-0.2, -0.15) is 5.10 Å². The predicted molar refractivity (Wildman–Crippen MR) is 81.7 cm³/mol. The maximum absolute atomic E-state index is 5.47. The van der Waals surface area contributed by atoms with Crippen LogP contribution in [0, 0.1) is 13.8 Å². The summed E-state index contributed by atoms with van der Waals surface area (Å²) in [5.41, 5.74) is 1.88. The highest BCUT2D eigenvalue weighted by atomic mass is 79.9. The monoisotopic (exact) mass is 339 g/mol. The lowest BCUT2D eigenvalue weighted by atomic mass is 10.4. The summed E-state index contributed by atoms with van der Waals surface area (Å²) in [5.74, 6) is 1.91. The fourth-order valence-electron chi connectivity index (χ4n) is 1.90. The van der Waals surface area contributed by atoms with E-state index in [4.69, 9.17) is 4.74 Å². The van der Waals surface area contributed by atoms with Crippen molar-refractivity contribution >= 4 is 21.7 Å². The molecule has 0 saturated heterocycles. The van der Waals surface area contributed by atoms with Crippen molar-refractivity contribution in [2.24, 2.45) is 0 Å². The van der Waals surface area contributed by atoms with Crippen molar-refractivity contribution in [1.82, 2.24) is 19.7 Å². The third kappa shape index (κ3) is 2.63. The minimum absolute atomic E-state index is 0.596. The Morgan fingerprint density at radius 1 is 1.35 bits per heavy atom. The van der Waals surface area contributed by atoms with Gasteiger partial charge in [-0.3, -0.25) is 0 Å². The molecule has 1 N–H and O–H groups in total. The predicted octanol–water partition coefficient (Wildman–Crippen LogP) is 2.87. The topological polar surface area (TPSA) is 64.9 Å². The average Bonchev–Trinajstić information content (AvgIpc) is 2.72. The second-order valence-electron chi connectivity index (χ2n) is 4.40. The average molecular weight is 340 g/mol. The minimum atomic E-state index is 0.596. The summed E-state index contributed by atoms with van der Waals surface area (Å²) in [6.45, 7) is 6.84. The van der Waals surface area contributed by atoms with Gasteiger partial charge < -0.3 is 10.1 Å². The van der Waals surface area contributed by atoms with Gasteiger partial charge >= 0.3 is 0 Å². The van der Waals surface area contributed by atoms with Gasteiger partial charge in [0.1, 0.15) is 6.33 Å². The van der Waals surface area contributed by atoms with Crippen LogP contribution in [0.15, 0.2) is 10.8 Å². The first kappa shape index (κ1) is 14.8.